The lowest BCUT2D eigenvalue weighted by molar-refractivity contribution is -0.133. The molecule has 2 aromatic carbocycles. The molecular weight excluding hydrogens is 338 g/mol. The molecule has 6 N–H and O–H groups in total. The van der Waals surface area contributed by atoms with E-state index < -0.39 is 32.6 Å². The Morgan fingerprint density at radius 2 is 1.42 bits per heavy atom. The fourth-order valence-corrected chi connectivity index (χ4v) is 2.35. The van der Waals surface area contributed by atoms with Gasteiger partial charge in [0.05, 0.1) is 0 Å². The van der Waals surface area contributed by atoms with Crippen molar-refractivity contribution in [2.75, 3.05) is 16.4 Å². The number of nitrogens with one attached hydrogen (secondary N) is 2. The topological polar surface area (TPSA) is 159 Å². The number of phenols is 1. The number of rotatable bonds is 3. The largest absolute Gasteiger partial charge is 0.506 e. The molecule has 0 unspecified atom stereocenters. The van der Waals surface area contributed by atoms with Gasteiger partial charge in [0.1, 0.15) is 10.6 Å². The molecule has 0 aromatic heterocycles. The molecule has 0 heterocycles. The van der Waals surface area contributed by atoms with Crippen molar-refractivity contribution in [3.8, 4) is 5.75 Å². The van der Waals surface area contributed by atoms with Gasteiger partial charge in [-0.3, -0.25) is 14.1 Å². The summed E-state index contributed by atoms with van der Waals surface area (Å²) in [6.07, 6.45) is 0. The maximum Gasteiger partial charge on any atom is 0.314 e. The Balaban J connectivity index is 2.12. The maximum atomic E-state index is 11.8. The van der Waals surface area contributed by atoms with Crippen LogP contribution in [0.1, 0.15) is 0 Å². The molecule has 2 rings (SSSR count). The van der Waals surface area contributed by atoms with E-state index in [0.29, 0.717) is 11.4 Å². The van der Waals surface area contributed by atoms with Crippen LogP contribution in [-0.2, 0) is 19.7 Å². The molecule has 0 saturated carbocycles. The molecule has 0 aliphatic rings. The number of nitrogen functional groups attached to an aromatic ring is 1. The van der Waals surface area contributed by atoms with Crippen LogP contribution in [0.2, 0.25) is 0 Å². The van der Waals surface area contributed by atoms with Gasteiger partial charge in [-0.25, -0.2) is 0 Å². The van der Waals surface area contributed by atoms with E-state index in [4.69, 9.17) is 10.3 Å². The normalized spacial score (nSPS) is 10.9. The van der Waals surface area contributed by atoms with Crippen molar-refractivity contribution in [3.63, 3.8) is 0 Å². The standard InChI is InChI=1S/C14H13N3O6S/c15-8-1-3-9(4-2-8)16-13(19)14(20)17-10-5-6-11(18)12(7-10)24(21,22)23/h1-7,18H,15H2,(H,16,19)(H,17,20)(H,21,22,23). The van der Waals surface area contributed by atoms with Gasteiger partial charge in [0.15, 0.2) is 0 Å². The summed E-state index contributed by atoms with van der Waals surface area (Å²) >= 11 is 0. The summed E-state index contributed by atoms with van der Waals surface area (Å²) in [7, 11) is -4.68. The number of nitrogens with two attached hydrogens (primary N) is 1. The predicted molar refractivity (Wildman–Crippen MR) is 86.0 cm³/mol. The molecular formula is C14H13N3O6S. The SMILES string of the molecule is Nc1ccc(NC(=O)C(=O)Nc2ccc(O)c(S(=O)(=O)O)c2)cc1. The Morgan fingerprint density at radius 3 is 1.96 bits per heavy atom. The van der Waals surface area contributed by atoms with Crippen LogP contribution >= 0.6 is 0 Å². The van der Waals surface area contributed by atoms with Crippen molar-refractivity contribution in [1.29, 1.82) is 0 Å². The summed E-state index contributed by atoms with van der Waals surface area (Å²) in [6.45, 7) is 0. The fraction of sp³-hybridized carbons (Fsp3) is 0. The second kappa shape index (κ2) is 6.56. The number of carbonyl (C=O) groups excluding carboxylic acids is 2. The maximum absolute atomic E-state index is 11.8. The van der Waals surface area contributed by atoms with Gasteiger partial charge in [-0.1, -0.05) is 0 Å². The molecule has 0 aliphatic heterocycles. The third-order valence-electron chi connectivity index (χ3n) is 2.87. The van der Waals surface area contributed by atoms with Gasteiger partial charge >= 0.3 is 11.8 Å². The van der Waals surface area contributed by atoms with E-state index in [2.05, 4.69) is 10.6 Å². The van der Waals surface area contributed by atoms with Gasteiger partial charge in [0.2, 0.25) is 0 Å². The zero-order chi connectivity index (χ0) is 17.9. The van der Waals surface area contributed by atoms with Crippen LogP contribution in [0.25, 0.3) is 0 Å². The van der Waals surface area contributed by atoms with Crippen LogP contribution < -0.4 is 16.4 Å². The predicted octanol–water partition coefficient (Wildman–Crippen LogP) is 0.798. The van der Waals surface area contributed by atoms with E-state index in [0.717, 1.165) is 12.1 Å². The quantitative estimate of drug-likeness (QED) is 0.237. The number of carbonyl (C=O) groups is 2. The van der Waals surface area contributed by atoms with Crippen molar-refractivity contribution in [1.82, 2.24) is 0 Å². The summed E-state index contributed by atoms with van der Waals surface area (Å²) in [4.78, 5) is 22.8. The van der Waals surface area contributed by atoms with Gasteiger partial charge in [-0.2, -0.15) is 8.42 Å². The molecule has 126 valence electrons. The Hall–Kier alpha value is -3.11. The first-order chi connectivity index (χ1) is 11.2. The third kappa shape index (κ3) is 4.21. The summed E-state index contributed by atoms with van der Waals surface area (Å²) in [6, 6.07) is 9.00. The molecule has 0 bridgehead atoms. The van der Waals surface area contributed by atoms with Crippen LogP contribution in [0.3, 0.4) is 0 Å². The van der Waals surface area contributed by atoms with E-state index in [-0.39, 0.29) is 5.69 Å². The highest BCUT2D eigenvalue weighted by molar-refractivity contribution is 7.86. The molecule has 9 nitrogen and oxygen atoms in total. The lowest BCUT2D eigenvalue weighted by atomic mass is 10.2. The zero-order valence-electron chi connectivity index (χ0n) is 12.1. The molecule has 0 radical (unpaired) electrons. The van der Waals surface area contributed by atoms with E-state index in [9.17, 15) is 23.1 Å². The Morgan fingerprint density at radius 1 is 0.917 bits per heavy atom. The molecule has 0 atom stereocenters. The molecule has 10 heteroatoms. The van der Waals surface area contributed by atoms with Gasteiger partial charge in [0, 0.05) is 17.1 Å². The molecule has 0 spiro atoms. The van der Waals surface area contributed by atoms with Crippen LogP contribution in [0.4, 0.5) is 17.1 Å². The molecule has 0 aliphatic carbocycles. The molecule has 24 heavy (non-hydrogen) atoms. The summed E-state index contributed by atoms with van der Waals surface area (Å²) < 4.78 is 31.1. The number of amides is 2. The number of aromatic hydroxyl groups is 1. The smallest absolute Gasteiger partial charge is 0.314 e. The van der Waals surface area contributed by atoms with Gasteiger partial charge in [-0.15, -0.1) is 0 Å². The monoisotopic (exact) mass is 351 g/mol. The van der Waals surface area contributed by atoms with Crippen molar-refractivity contribution < 1.29 is 27.7 Å². The van der Waals surface area contributed by atoms with Gasteiger partial charge in [0.25, 0.3) is 10.1 Å². The number of benzene rings is 2. The number of anilines is 3. The Kier molecular flexibility index (Phi) is 4.71. The second-order valence-corrected chi connectivity index (χ2v) is 6.08. The fourth-order valence-electron chi connectivity index (χ4n) is 1.74. The lowest BCUT2D eigenvalue weighted by Gasteiger charge is -2.08. The summed E-state index contributed by atoms with van der Waals surface area (Å²) in [5.41, 5.74) is 6.23. The van der Waals surface area contributed by atoms with Crippen LogP contribution in [0.15, 0.2) is 47.4 Å². The Labute approximate surface area is 136 Å². The van der Waals surface area contributed by atoms with Gasteiger partial charge < -0.3 is 21.5 Å². The molecule has 2 amide bonds. The van der Waals surface area contributed by atoms with E-state index in [1.165, 1.54) is 30.3 Å². The van der Waals surface area contributed by atoms with Crippen molar-refractivity contribution in [2.24, 2.45) is 0 Å². The van der Waals surface area contributed by atoms with E-state index in [1.807, 2.05) is 0 Å². The first-order valence-electron chi connectivity index (χ1n) is 6.45. The van der Waals surface area contributed by atoms with Gasteiger partial charge in [-0.05, 0) is 42.5 Å². The summed E-state index contributed by atoms with van der Waals surface area (Å²) in [5.74, 6) is -2.76. The van der Waals surface area contributed by atoms with Crippen molar-refractivity contribution >= 4 is 39.0 Å². The lowest BCUT2D eigenvalue weighted by Crippen LogP contribution is -2.29. The zero-order valence-corrected chi connectivity index (χ0v) is 12.9. The minimum Gasteiger partial charge on any atom is -0.506 e. The van der Waals surface area contributed by atoms with Crippen LogP contribution in [0.5, 0.6) is 5.75 Å². The molecule has 0 fully saturated rings. The number of phenolic OH excluding ortho intramolecular Hbond substituents is 1. The number of hydrogen-bond acceptors (Lipinski definition) is 6. The highest BCUT2D eigenvalue weighted by atomic mass is 32.2. The third-order valence-corrected chi connectivity index (χ3v) is 3.75. The van der Waals surface area contributed by atoms with Crippen molar-refractivity contribution in [2.45, 2.75) is 4.90 Å². The Bertz CT molecular complexity index is 893. The first-order valence-corrected chi connectivity index (χ1v) is 7.89. The van der Waals surface area contributed by atoms with E-state index >= 15 is 0 Å². The highest BCUT2D eigenvalue weighted by Gasteiger charge is 2.19. The average Bonchev–Trinajstić information content (AvgIpc) is 2.50. The minimum atomic E-state index is -4.68. The van der Waals surface area contributed by atoms with Crippen LogP contribution in [-0.4, -0.2) is 29.9 Å². The molecule has 0 saturated heterocycles. The highest BCUT2D eigenvalue weighted by Crippen LogP contribution is 2.25. The first kappa shape index (κ1) is 17.2. The van der Waals surface area contributed by atoms with Crippen molar-refractivity contribution in [3.05, 3.63) is 42.5 Å². The van der Waals surface area contributed by atoms with E-state index in [1.54, 1.807) is 0 Å². The minimum absolute atomic E-state index is 0.0992. The second-order valence-electron chi connectivity index (χ2n) is 4.69. The average molecular weight is 351 g/mol. The number of hydrogen-bond donors (Lipinski definition) is 5. The summed E-state index contributed by atoms with van der Waals surface area (Å²) in [5, 5.41) is 13.9. The molecule has 2 aromatic rings. The van der Waals surface area contributed by atoms with Crippen LogP contribution in [0, 0.1) is 0 Å².